The van der Waals surface area contributed by atoms with Gasteiger partial charge in [-0.3, -0.25) is 9.10 Å². The van der Waals surface area contributed by atoms with Crippen LogP contribution in [-0.2, 0) is 20.2 Å². The van der Waals surface area contributed by atoms with Crippen molar-refractivity contribution in [2.75, 3.05) is 24.2 Å². The molecule has 0 unspecified atom stereocenters. The molecule has 0 saturated heterocycles. The van der Waals surface area contributed by atoms with E-state index in [1.165, 1.54) is 0 Å². The van der Waals surface area contributed by atoms with E-state index in [9.17, 15) is 13.2 Å². The number of nitrogens with zero attached hydrogens (tertiary/aromatic N) is 1. The molecule has 6 nitrogen and oxygen atoms in total. The summed E-state index contributed by atoms with van der Waals surface area (Å²) in [6.07, 6.45) is 1.11. The molecule has 2 rings (SSSR count). The van der Waals surface area contributed by atoms with Gasteiger partial charge in [0.15, 0.2) is 0 Å². The first kappa shape index (κ1) is 26.7. The zero-order valence-electron chi connectivity index (χ0n) is 21.3. The smallest absolute Gasteiger partial charge is 0.241 e. The van der Waals surface area contributed by atoms with Gasteiger partial charge < -0.3 is 10.1 Å². The van der Waals surface area contributed by atoms with Gasteiger partial charge >= 0.3 is 0 Å². The lowest BCUT2D eigenvalue weighted by atomic mass is 9.87. The van der Waals surface area contributed by atoms with Crippen LogP contribution in [0, 0.1) is 6.92 Å². The fourth-order valence-electron chi connectivity index (χ4n) is 3.83. The average molecular weight is 475 g/mol. The van der Waals surface area contributed by atoms with Gasteiger partial charge in [-0.1, -0.05) is 46.8 Å². The quantitative estimate of drug-likeness (QED) is 0.580. The molecule has 0 aliphatic heterocycles. The van der Waals surface area contributed by atoms with E-state index in [-0.39, 0.29) is 29.8 Å². The van der Waals surface area contributed by atoms with Crippen LogP contribution in [0.15, 0.2) is 36.4 Å². The Balaban J connectivity index is 2.25. The topological polar surface area (TPSA) is 75.7 Å². The summed E-state index contributed by atoms with van der Waals surface area (Å²) in [7, 11) is -1.99. The van der Waals surface area contributed by atoms with Gasteiger partial charge in [0.2, 0.25) is 15.9 Å². The third-order valence-corrected chi connectivity index (χ3v) is 6.93. The Kier molecular flexibility index (Phi) is 8.22. The number of carbonyl (C=O) groups excluding carboxylic acids is 1. The number of amides is 1. The highest BCUT2D eigenvalue weighted by Gasteiger charge is 2.24. The summed E-state index contributed by atoms with van der Waals surface area (Å²) in [6, 6.07) is 11.1. The molecule has 0 heterocycles. The van der Waals surface area contributed by atoms with Crippen LogP contribution in [0.1, 0.15) is 75.8 Å². The second kappa shape index (κ2) is 10.2. The van der Waals surface area contributed by atoms with Crippen LogP contribution in [0.4, 0.5) is 5.69 Å². The number of hydrogen-bond donors (Lipinski definition) is 1. The molecule has 0 aliphatic rings. The minimum Gasteiger partial charge on any atom is -0.496 e. The summed E-state index contributed by atoms with van der Waals surface area (Å²) in [5.74, 6) is 0.722. The molecule has 0 bridgehead atoms. The van der Waals surface area contributed by atoms with Crippen molar-refractivity contribution in [2.45, 2.75) is 65.8 Å². The predicted octanol–water partition coefficient (Wildman–Crippen LogP) is 5.07. The number of aryl methyl sites for hydroxylation is 1. The lowest BCUT2D eigenvalue weighted by molar-refractivity contribution is -0.120. The standard InChI is InChI=1S/C26H38N2O4S/c1-17(2)22-15-23(18(3)14-24(22)32-8)19(4)27-25(29)16-28(33(9,30)31)21-12-10-20(11-13-21)26(5,6)7/h10-15,17,19H,16H2,1-9H3,(H,27,29)/t19-/m0/s1. The van der Waals surface area contributed by atoms with Crippen molar-refractivity contribution in [3.05, 3.63) is 58.7 Å². The first-order valence-electron chi connectivity index (χ1n) is 11.2. The summed E-state index contributed by atoms with van der Waals surface area (Å²) in [6.45, 7) is 14.1. The number of anilines is 1. The summed E-state index contributed by atoms with van der Waals surface area (Å²) < 4.78 is 31.6. The Morgan fingerprint density at radius 1 is 1.06 bits per heavy atom. The van der Waals surface area contributed by atoms with Crippen molar-refractivity contribution < 1.29 is 17.9 Å². The zero-order valence-corrected chi connectivity index (χ0v) is 22.1. The Bertz CT molecular complexity index is 1080. The van der Waals surface area contributed by atoms with Gasteiger partial charge in [0.1, 0.15) is 12.3 Å². The SMILES string of the molecule is COc1cc(C)c([C@H](C)NC(=O)CN(c2ccc(C(C)(C)C)cc2)S(C)(=O)=O)cc1C(C)C. The van der Waals surface area contributed by atoms with Crippen LogP contribution < -0.4 is 14.4 Å². The molecule has 0 fully saturated rings. The summed E-state index contributed by atoms with van der Waals surface area (Å²) in [5.41, 5.74) is 4.56. The molecule has 33 heavy (non-hydrogen) atoms. The number of carbonyl (C=O) groups is 1. The van der Waals surface area contributed by atoms with Gasteiger partial charge in [-0.25, -0.2) is 8.42 Å². The number of nitrogens with one attached hydrogen (secondary N) is 1. The minimum absolute atomic E-state index is 0.0493. The maximum Gasteiger partial charge on any atom is 0.241 e. The molecule has 1 N–H and O–H groups in total. The van der Waals surface area contributed by atoms with Crippen molar-refractivity contribution in [1.82, 2.24) is 5.32 Å². The Morgan fingerprint density at radius 3 is 2.09 bits per heavy atom. The van der Waals surface area contributed by atoms with Crippen molar-refractivity contribution in [3.63, 3.8) is 0 Å². The lowest BCUT2D eigenvalue weighted by Crippen LogP contribution is -2.41. The van der Waals surface area contributed by atoms with E-state index in [1.54, 1.807) is 19.2 Å². The zero-order chi connectivity index (χ0) is 25.1. The van der Waals surface area contributed by atoms with Gasteiger partial charge in [-0.05, 0) is 71.7 Å². The van der Waals surface area contributed by atoms with E-state index in [2.05, 4.69) is 46.0 Å². The first-order valence-corrected chi connectivity index (χ1v) is 13.1. The van der Waals surface area contributed by atoms with E-state index in [0.717, 1.165) is 38.6 Å². The molecule has 182 valence electrons. The van der Waals surface area contributed by atoms with E-state index >= 15 is 0 Å². The highest BCUT2D eigenvalue weighted by molar-refractivity contribution is 7.92. The van der Waals surface area contributed by atoms with Crippen molar-refractivity contribution in [1.29, 1.82) is 0 Å². The van der Waals surface area contributed by atoms with Crippen LogP contribution >= 0.6 is 0 Å². The lowest BCUT2D eigenvalue weighted by Gasteiger charge is -2.25. The molecule has 0 aliphatic carbocycles. The van der Waals surface area contributed by atoms with Gasteiger partial charge in [0.05, 0.1) is 25.1 Å². The largest absolute Gasteiger partial charge is 0.496 e. The number of benzene rings is 2. The van der Waals surface area contributed by atoms with Gasteiger partial charge in [-0.2, -0.15) is 0 Å². The normalized spacial score (nSPS) is 13.0. The molecular formula is C26H38N2O4S. The molecule has 1 amide bonds. The maximum atomic E-state index is 12.9. The Labute approximate surface area is 199 Å². The van der Waals surface area contributed by atoms with Crippen molar-refractivity contribution >= 4 is 21.6 Å². The van der Waals surface area contributed by atoms with Crippen LogP contribution in [0.3, 0.4) is 0 Å². The maximum absolute atomic E-state index is 12.9. The molecule has 0 saturated carbocycles. The van der Waals surface area contributed by atoms with Crippen LogP contribution in [0.25, 0.3) is 0 Å². The minimum atomic E-state index is -3.64. The third-order valence-electron chi connectivity index (χ3n) is 5.79. The summed E-state index contributed by atoms with van der Waals surface area (Å²) in [5, 5.41) is 2.96. The van der Waals surface area contributed by atoms with E-state index < -0.39 is 10.0 Å². The Morgan fingerprint density at radius 2 is 1.64 bits per heavy atom. The van der Waals surface area contributed by atoms with Gasteiger partial charge in [0.25, 0.3) is 0 Å². The number of rotatable bonds is 8. The third kappa shape index (κ3) is 6.73. The fourth-order valence-corrected chi connectivity index (χ4v) is 4.69. The summed E-state index contributed by atoms with van der Waals surface area (Å²) in [4.78, 5) is 12.9. The molecule has 0 spiro atoms. The second-order valence-corrected chi connectivity index (χ2v) is 11.9. The number of methoxy groups -OCH3 is 1. The monoisotopic (exact) mass is 474 g/mol. The molecular weight excluding hydrogens is 436 g/mol. The number of ether oxygens (including phenoxy) is 1. The Hall–Kier alpha value is -2.54. The van der Waals surface area contributed by atoms with E-state index in [4.69, 9.17) is 4.74 Å². The molecule has 2 aromatic rings. The van der Waals surface area contributed by atoms with Crippen LogP contribution in [0.2, 0.25) is 0 Å². The van der Waals surface area contributed by atoms with Gasteiger partial charge in [0, 0.05) is 0 Å². The molecule has 2 aromatic carbocycles. The van der Waals surface area contributed by atoms with Crippen LogP contribution in [0.5, 0.6) is 5.75 Å². The van der Waals surface area contributed by atoms with Crippen molar-refractivity contribution in [3.8, 4) is 5.75 Å². The van der Waals surface area contributed by atoms with E-state index in [0.29, 0.717) is 5.69 Å². The van der Waals surface area contributed by atoms with Crippen LogP contribution in [-0.4, -0.2) is 34.2 Å². The molecule has 7 heteroatoms. The number of hydrogen-bond acceptors (Lipinski definition) is 4. The second-order valence-electron chi connectivity index (χ2n) is 9.96. The molecule has 1 atom stereocenters. The highest BCUT2D eigenvalue weighted by Crippen LogP contribution is 2.32. The summed E-state index contributed by atoms with van der Waals surface area (Å²) >= 11 is 0. The fraction of sp³-hybridized carbons (Fsp3) is 0.500. The first-order chi connectivity index (χ1) is 15.1. The molecule has 0 aromatic heterocycles. The van der Waals surface area contributed by atoms with Crippen molar-refractivity contribution in [2.24, 2.45) is 0 Å². The average Bonchev–Trinajstić information content (AvgIpc) is 2.70. The molecule has 0 radical (unpaired) electrons. The predicted molar refractivity (Wildman–Crippen MR) is 136 cm³/mol. The number of sulfonamides is 1. The van der Waals surface area contributed by atoms with Gasteiger partial charge in [-0.15, -0.1) is 0 Å². The highest BCUT2D eigenvalue weighted by atomic mass is 32.2. The van der Waals surface area contributed by atoms with E-state index in [1.807, 2.05) is 32.0 Å².